The van der Waals surface area contributed by atoms with Crippen LogP contribution in [0.4, 0.5) is 0 Å². The van der Waals surface area contributed by atoms with Crippen LogP contribution in [0.1, 0.15) is 43.4 Å². The molecule has 106 valence electrons. The summed E-state index contributed by atoms with van der Waals surface area (Å²) in [5.74, 6) is 0. The quantitative estimate of drug-likeness (QED) is 0.858. The summed E-state index contributed by atoms with van der Waals surface area (Å²) in [6, 6.07) is 8.57. The molecule has 0 amide bonds. The van der Waals surface area contributed by atoms with Crippen LogP contribution in [0.2, 0.25) is 0 Å². The highest BCUT2D eigenvalue weighted by atomic mass is 16.5. The molecule has 0 bridgehead atoms. The van der Waals surface area contributed by atoms with Crippen molar-refractivity contribution in [3.63, 3.8) is 0 Å². The van der Waals surface area contributed by atoms with Crippen LogP contribution in [0.3, 0.4) is 0 Å². The Labute approximate surface area is 116 Å². The zero-order valence-corrected chi connectivity index (χ0v) is 11.8. The van der Waals surface area contributed by atoms with Gasteiger partial charge in [-0.05, 0) is 30.4 Å². The van der Waals surface area contributed by atoms with Crippen LogP contribution < -0.4 is 5.73 Å². The van der Waals surface area contributed by atoms with E-state index in [9.17, 15) is 0 Å². The number of nitrogens with two attached hydrogens (primary N) is 1. The average Bonchev–Trinajstić information content (AvgIpc) is 2.47. The zero-order chi connectivity index (χ0) is 13.5. The summed E-state index contributed by atoms with van der Waals surface area (Å²) in [6.07, 6.45) is 4.61. The van der Waals surface area contributed by atoms with Gasteiger partial charge in [-0.15, -0.1) is 0 Å². The first-order valence-electron chi connectivity index (χ1n) is 7.33. The second-order valence-electron chi connectivity index (χ2n) is 5.24. The van der Waals surface area contributed by atoms with E-state index in [0.717, 1.165) is 38.0 Å². The maximum atomic E-state index is 6.18. The second-order valence-corrected chi connectivity index (χ2v) is 5.24. The predicted octanol–water partition coefficient (Wildman–Crippen LogP) is 2.83. The highest BCUT2D eigenvalue weighted by Gasteiger charge is 2.16. The van der Waals surface area contributed by atoms with Gasteiger partial charge in [-0.3, -0.25) is 0 Å². The van der Waals surface area contributed by atoms with Crippen LogP contribution in [-0.4, -0.2) is 25.9 Å². The number of benzene rings is 1. The van der Waals surface area contributed by atoms with Gasteiger partial charge in [-0.25, -0.2) is 0 Å². The fourth-order valence-corrected chi connectivity index (χ4v) is 2.40. The number of ether oxygens (including phenoxy) is 2. The summed E-state index contributed by atoms with van der Waals surface area (Å²) in [4.78, 5) is 0. The molecule has 19 heavy (non-hydrogen) atoms. The molecule has 2 N–H and O–H groups in total. The van der Waals surface area contributed by atoms with E-state index in [1.54, 1.807) is 0 Å². The number of rotatable bonds is 6. The van der Waals surface area contributed by atoms with Crippen molar-refractivity contribution in [3.8, 4) is 0 Å². The van der Waals surface area contributed by atoms with Crippen molar-refractivity contribution >= 4 is 0 Å². The van der Waals surface area contributed by atoms with Gasteiger partial charge in [-0.1, -0.05) is 37.6 Å². The van der Waals surface area contributed by atoms with Crippen molar-refractivity contribution < 1.29 is 9.47 Å². The maximum absolute atomic E-state index is 6.18. The van der Waals surface area contributed by atoms with Gasteiger partial charge in [0, 0.05) is 13.2 Å². The fourth-order valence-electron chi connectivity index (χ4n) is 2.40. The average molecular weight is 263 g/mol. The molecule has 1 atom stereocenters. The van der Waals surface area contributed by atoms with Crippen LogP contribution >= 0.6 is 0 Å². The molecule has 3 nitrogen and oxygen atoms in total. The lowest BCUT2D eigenvalue weighted by Crippen LogP contribution is -2.27. The van der Waals surface area contributed by atoms with E-state index < -0.39 is 0 Å². The van der Waals surface area contributed by atoms with Gasteiger partial charge in [0.15, 0.2) is 0 Å². The topological polar surface area (TPSA) is 44.5 Å². The van der Waals surface area contributed by atoms with Crippen LogP contribution in [0.25, 0.3) is 0 Å². The monoisotopic (exact) mass is 263 g/mol. The lowest BCUT2D eigenvalue weighted by atomic mass is 10.0. The fraction of sp³-hybridized carbons (Fsp3) is 0.625. The minimum absolute atomic E-state index is 0.0291. The zero-order valence-electron chi connectivity index (χ0n) is 11.8. The smallest absolute Gasteiger partial charge is 0.0663 e. The van der Waals surface area contributed by atoms with Crippen molar-refractivity contribution in [3.05, 3.63) is 35.4 Å². The molecule has 1 aromatic rings. The predicted molar refractivity (Wildman–Crippen MR) is 77.2 cm³/mol. The molecule has 1 saturated heterocycles. The van der Waals surface area contributed by atoms with Gasteiger partial charge in [-0.2, -0.15) is 0 Å². The minimum Gasteiger partial charge on any atom is -0.381 e. The molecule has 3 heteroatoms. The standard InChI is InChI=1S/C16H25NO2/c1-2-3-13-4-6-14(7-5-13)16(17)12-19-15-8-10-18-11-9-15/h4-7,15-16H,2-3,8-12,17H2,1H3. The van der Waals surface area contributed by atoms with Gasteiger partial charge in [0.2, 0.25) is 0 Å². The van der Waals surface area contributed by atoms with Gasteiger partial charge < -0.3 is 15.2 Å². The molecule has 0 aliphatic carbocycles. The van der Waals surface area contributed by atoms with E-state index in [1.807, 2.05) is 0 Å². The number of hydrogen-bond acceptors (Lipinski definition) is 3. The van der Waals surface area contributed by atoms with Crippen molar-refractivity contribution in [2.45, 2.75) is 44.8 Å². The van der Waals surface area contributed by atoms with E-state index in [0.29, 0.717) is 12.7 Å². The van der Waals surface area contributed by atoms with Gasteiger partial charge in [0.1, 0.15) is 0 Å². The van der Waals surface area contributed by atoms with Crippen LogP contribution in [0, 0.1) is 0 Å². The molecule has 1 unspecified atom stereocenters. The first-order valence-corrected chi connectivity index (χ1v) is 7.33. The Kier molecular flexibility index (Phi) is 5.83. The molecule has 1 aliphatic rings. The minimum atomic E-state index is -0.0291. The van der Waals surface area contributed by atoms with Crippen molar-refractivity contribution in [2.75, 3.05) is 19.8 Å². The SMILES string of the molecule is CCCc1ccc(C(N)COC2CCOCC2)cc1. The van der Waals surface area contributed by atoms with Gasteiger partial charge in [0.05, 0.1) is 18.8 Å². The molecule has 1 aliphatic heterocycles. The second kappa shape index (κ2) is 7.63. The van der Waals surface area contributed by atoms with Crippen LogP contribution in [0.15, 0.2) is 24.3 Å². The number of aryl methyl sites for hydroxylation is 1. The Hall–Kier alpha value is -0.900. The molecule has 1 fully saturated rings. The summed E-state index contributed by atoms with van der Waals surface area (Å²) in [6.45, 7) is 4.41. The molecule has 0 spiro atoms. The largest absolute Gasteiger partial charge is 0.381 e. The molecule has 1 heterocycles. The molecule has 2 rings (SSSR count). The van der Waals surface area contributed by atoms with E-state index in [2.05, 4.69) is 31.2 Å². The normalized spacial score (nSPS) is 18.4. The summed E-state index contributed by atoms with van der Waals surface area (Å²) in [7, 11) is 0. The first kappa shape index (κ1) is 14.5. The highest BCUT2D eigenvalue weighted by molar-refractivity contribution is 5.25. The Balaban J connectivity index is 1.79. The van der Waals surface area contributed by atoms with Crippen LogP contribution in [-0.2, 0) is 15.9 Å². The van der Waals surface area contributed by atoms with E-state index in [-0.39, 0.29) is 6.04 Å². The van der Waals surface area contributed by atoms with E-state index >= 15 is 0 Å². The van der Waals surface area contributed by atoms with Crippen molar-refractivity contribution in [2.24, 2.45) is 5.73 Å². The summed E-state index contributed by atoms with van der Waals surface area (Å²) >= 11 is 0. The van der Waals surface area contributed by atoms with E-state index in [1.165, 1.54) is 12.0 Å². The molecular weight excluding hydrogens is 238 g/mol. The maximum Gasteiger partial charge on any atom is 0.0663 e. The summed E-state index contributed by atoms with van der Waals surface area (Å²) in [5, 5.41) is 0. The van der Waals surface area contributed by atoms with Gasteiger partial charge >= 0.3 is 0 Å². The molecule has 0 radical (unpaired) electrons. The Morgan fingerprint density at radius 3 is 2.58 bits per heavy atom. The third kappa shape index (κ3) is 4.60. The Bertz CT molecular complexity index is 358. The van der Waals surface area contributed by atoms with Crippen molar-refractivity contribution in [1.29, 1.82) is 0 Å². The number of hydrogen-bond donors (Lipinski definition) is 1. The Morgan fingerprint density at radius 2 is 1.95 bits per heavy atom. The lowest BCUT2D eigenvalue weighted by molar-refractivity contribution is -0.0358. The highest BCUT2D eigenvalue weighted by Crippen LogP contribution is 2.16. The molecular formula is C16H25NO2. The third-order valence-corrected chi connectivity index (χ3v) is 3.63. The van der Waals surface area contributed by atoms with E-state index in [4.69, 9.17) is 15.2 Å². The lowest BCUT2D eigenvalue weighted by Gasteiger charge is -2.24. The van der Waals surface area contributed by atoms with Crippen LogP contribution in [0.5, 0.6) is 0 Å². The summed E-state index contributed by atoms with van der Waals surface area (Å²) < 4.78 is 11.2. The van der Waals surface area contributed by atoms with Crippen molar-refractivity contribution in [1.82, 2.24) is 0 Å². The first-order chi connectivity index (χ1) is 9.29. The summed E-state index contributed by atoms with van der Waals surface area (Å²) in [5.41, 5.74) is 8.72. The van der Waals surface area contributed by atoms with Gasteiger partial charge in [0.25, 0.3) is 0 Å². The Morgan fingerprint density at radius 1 is 1.26 bits per heavy atom. The molecule has 0 saturated carbocycles. The molecule has 1 aromatic carbocycles. The third-order valence-electron chi connectivity index (χ3n) is 3.63. The molecule has 0 aromatic heterocycles.